The number of primary amides is 1. The van der Waals surface area contributed by atoms with Gasteiger partial charge in [0.15, 0.2) is 12.4 Å². The van der Waals surface area contributed by atoms with Crippen molar-refractivity contribution in [2.45, 2.75) is 25.0 Å². The molecule has 0 aromatic heterocycles. The molecule has 1 aliphatic carbocycles. The number of hydrogen-bond acceptors (Lipinski definition) is 6. The van der Waals surface area contributed by atoms with E-state index in [-0.39, 0.29) is 23.8 Å². The van der Waals surface area contributed by atoms with Gasteiger partial charge >= 0.3 is 6.09 Å². The molecular formula is C14H15N3O6. The summed E-state index contributed by atoms with van der Waals surface area (Å²) < 4.78 is 4.61. The maximum absolute atomic E-state index is 12.6. The molecule has 1 fully saturated rings. The van der Waals surface area contributed by atoms with Gasteiger partial charge in [0, 0.05) is 12.1 Å². The highest BCUT2D eigenvalue weighted by Gasteiger charge is 2.37. The fraction of sp³-hybridized carbons (Fsp3) is 0.357. The van der Waals surface area contributed by atoms with E-state index < -0.39 is 23.0 Å². The summed E-state index contributed by atoms with van der Waals surface area (Å²) in [6.07, 6.45) is -0.536. The van der Waals surface area contributed by atoms with Crippen LogP contribution in [0.2, 0.25) is 0 Å². The van der Waals surface area contributed by atoms with Gasteiger partial charge in [0.1, 0.15) is 5.56 Å². The van der Waals surface area contributed by atoms with Crippen molar-refractivity contribution in [3.63, 3.8) is 0 Å². The fourth-order valence-electron chi connectivity index (χ4n) is 2.20. The molecule has 1 unspecified atom stereocenters. The van der Waals surface area contributed by atoms with Crippen molar-refractivity contribution in [1.29, 1.82) is 0 Å². The summed E-state index contributed by atoms with van der Waals surface area (Å²) in [4.78, 5) is 46.1. The van der Waals surface area contributed by atoms with Crippen LogP contribution in [-0.4, -0.2) is 46.8 Å². The molecule has 9 nitrogen and oxygen atoms in total. The molecule has 0 aliphatic heterocycles. The van der Waals surface area contributed by atoms with Gasteiger partial charge in [-0.15, -0.1) is 0 Å². The number of benzene rings is 1. The van der Waals surface area contributed by atoms with Crippen molar-refractivity contribution in [2.24, 2.45) is 5.73 Å². The Hall–Kier alpha value is -2.97. The van der Waals surface area contributed by atoms with Gasteiger partial charge in [0.2, 0.25) is 0 Å². The van der Waals surface area contributed by atoms with Crippen LogP contribution >= 0.6 is 0 Å². The Bertz CT molecular complexity index is 643. The Labute approximate surface area is 131 Å². The van der Waals surface area contributed by atoms with Crippen LogP contribution in [0.1, 0.15) is 23.2 Å². The zero-order chi connectivity index (χ0) is 17.0. The van der Waals surface area contributed by atoms with Gasteiger partial charge in [-0.25, -0.2) is 4.79 Å². The molecule has 2 N–H and O–H groups in total. The molecule has 0 heterocycles. The van der Waals surface area contributed by atoms with Crippen LogP contribution in [0.4, 0.5) is 10.5 Å². The monoisotopic (exact) mass is 321 g/mol. The average Bonchev–Trinajstić information content (AvgIpc) is 3.35. The number of carbonyl (C=O) groups excluding carboxylic acids is 3. The fourth-order valence-corrected chi connectivity index (χ4v) is 2.20. The van der Waals surface area contributed by atoms with Crippen LogP contribution in [0.15, 0.2) is 24.3 Å². The third kappa shape index (κ3) is 4.02. The van der Waals surface area contributed by atoms with E-state index in [4.69, 9.17) is 5.73 Å². The van der Waals surface area contributed by atoms with Crippen LogP contribution < -0.4 is 5.73 Å². The van der Waals surface area contributed by atoms with Gasteiger partial charge in [-0.2, -0.15) is 0 Å². The highest BCUT2D eigenvalue weighted by atomic mass is 16.6. The number of rotatable bonds is 7. The van der Waals surface area contributed by atoms with Gasteiger partial charge in [0.25, 0.3) is 11.6 Å². The minimum absolute atomic E-state index is 0.0758. The summed E-state index contributed by atoms with van der Waals surface area (Å²) >= 11 is 0. The molecule has 122 valence electrons. The lowest BCUT2D eigenvalue weighted by molar-refractivity contribution is -0.385. The molecule has 2 rings (SSSR count). The van der Waals surface area contributed by atoms with E-state index in [0.29, 0.717) is 19.1 Å². The van der Waals surface area contributed by atoms with Crippen molar-refractivity contribution in [1.82, 2.24) is 4.90 Å². The highest BCUT2D eigenvalue weighted by molar-refractivity contribution is 5.98. The highest BCUT2D eigenvalue weighted by Crippen LogP contribution is 2.30. The Balaban J connectivity index is 2.24. The second-order valence-electron chi connectivity index (χ2n) is 5.07. The first kappa shape index (κ1) is 16.4. The molecule has 1 atom stereocenters. The summed E-state index contributed by atoms with van der Waals surface area (Å²) in [7, 11) is 0. The third-order valence-electron chi connectivity index (χ3n) is 3.38. The van der Waals surface area contributed by atoms with E-state index in [1.54, 1.807) is 0 Å². The maximum Gasteiger partial charge on any atom is 0.405 e. The van der Waals surface area contributed by atoms with E-state index in [0.717, 1.165) is 0 Å². The molecule has 1 saturated carbocycles. The first-order valence-electron chi connectivity index (χ1n) is 6.89. The molecule has 0 bridgehead atoms. The van der Waals surface area contributed by atoms with Gasteiger partial charge in [-0.05, 0) is 18.9 Å². The van der Waals surface area contributed by atoms with Crippen LogP contribution in [0.5, 0.6) is 0 Å². The van der Waals surface area contributed by atoms with E-state index >= 15 is 0 Å². The van der Waals surface area contributed by atoms with Crippen LogP contribution in [0, 0.1) is 10.1 Å². The zero-order valence-electron chi connectivity index (χ0n) is 12.1. The molecular weight excluding hydrogens is 306 g/mol. The van der Waals surface area contributed by atoms with Gasteiger partial charge < -0.3 is 15.4 Å². The summed E-state index contributed by atoms with van der Waals surface area (Å²) in [5.74, 6) is -0.584. The molecule has 1 aliphatic rings. The third-order valence-corrected chi connectivity index (χ3v) is 3.38. The Morgan fingerprint density at radius 2 is 2.09 bits per heavy atom. The van der Waals surface area contributed by atoms with Crippen molar-refractivity contribution in [2.75, 3.05) is 6.54 Å². The quantitative estimate of drug-likeness (QED) is 0.450. The second kappa shape index (κ2) is 6.86. The van der Waals surface area contributed by atoms with E-state index in [1.807, 2.05) is 0 Å². The standard InChI is InChI=1S/C14H15N3O6/c15-14(20)23-10(8-18)7-16(9-5-6-9)13(19)11-3-1-2-4-12(11)17(21)22/h1-4,8-10H,5-7H2,(H2,15,20). The summed E-state index contributed by atoms with van der Waals surface area (Å²) in [6, 6.07) is 5.42. The number of ether oxygens (including phenoxy) is 1. The minimum atomic E-state index is -1.21. The van der Waals surface area contributed by atoms with Crippen LogP contribution in [0.25, 0.3) is 0 Å². The molecule has 9 heteroatoms. The second-order valence-corrected chi connectivity index (χ2v) is 5.07. The number of nitro benzene ring substituents is 1. The number of nitrogens with zero attached hydrogens (tertiary/aromatic N) is 2. The molecule has 0 spiro atoms. The summed E-state index contributed by atoms with van der Waals surface area (Å²) in [6.45, 7) is -0.192. The Kier molecular flexibility index (Phi) is 4.89. The molecule has 1 aromatic carbocycles. The topological polar surface area (TPSA) is 133 Å². The summed E-state index contributed by atoms with van der Waals surface area (Å²) in [5.41, 5.74) is 4.48. The van der Waals surface area contributed by atoms with Crippen LogP contribution in [-0.2, 0) is 9.53 Å². The Morgan fingerprint density at radius 1 is 1.43 bits per heavy atom. The smallest absolute Gasteiger partial charge is 0.405 e. The molecule has 1 aromatic rings. The van der Waals surface area contributed by atoms with Crippen LogP contribution in [0.3, 0.4) is 0 Å². The first-order chi connectivity index (χ1) is 10.9. The Morgan fingerprint density at radius 3 is 2.61 bits per heavy atom. The summed E-state index contributed by atoms with van der Waals surface area (Å²) in [5, 5.41) is 11.1. The largest absolute Gasteiger partial charge is 0.437 e. The van der Waals surface area contributed by atoms with Gasteiger partial charge in [0.05, 0.1) is 11.5 Å². The molecule has 0 saturated heterocycles. The lowest BCUT2D eigenvalue weighted by Gasteiger charge is -2.24. The van der Waals surface area contributed by atoms with E-state index in [1.165, 1.54) is 29.2 Å². The number of nitro groups is 1. The van der Waals surface area contributed by atoms with Crippen molar-refractivity contribution in [3.8, 4) is 0 Å². The number of nitrogens with two attached hydrogens (primary N) is 1. The van der Waals surface area contributed by atoms with E-state index in [9.17, 15) is 24.5 Å². The molecule has 23 heavy (non-hydrogen) atoms. The lowest BCUT2D eigenvalue weighted by atomic mass is 10.1. The van der Waals surface area contributed by atoms with Crippen molar-refractivity contribution < 1.29 is 24.0 Å². The van der Waals surface area contributed by atoms with Gasteiger partial charge in [-0.1, -0.05) is 12.1 Å². The number of hydrogen-bond donors (Lipinski definition) is 1. The molecule has 0 radical (unpaired) electrons. The van der Waals surface area contributed by atoms with Crippen molar-refractivity contribution >= 4 is 24.0 Å². The zero-order valence-corrected chi connectivity index (χ0v) is 12.1. The minimum Gasteiger partial charge on any atom is -0.437 e. The van der Waals surface area contributed by atoms with Crippen molar-refractivity contribution in [3.05, 3.63) is 39.9 Å². The molecule has 2 amide bonds. The number of carbonyl (C=O) groups is 3. The normalized spacial score (nSPS) is 14.6. The predicted octanol–water partition coefficient (Wildman–Crippen LogP) is 0.862. The predicted molar refractivity (Wildman–Crippen MR) is 77.7 cm³/mol. The lowest BCUT2D eigenvalue weighted by Crippen LogP contribution is -2.42. The number of amides is 2. The number of aldehydes is 1. The van der Waals surface area contributed by atoms with E-state index in [2.05, 4.69) is 4.74 Å². The maximum atomic E-state index is 12.6. The average molecular weight is 321 g/mol. The SMILES string of the molecule is NC(=O)OC(C=O)CN(C(=O)c1ccccc1[N+](=O)[O-])C1CC1. The number of para-hydroxylation sites is 1. The van der Waals surface area contributed by atoms with Gasteiger partial charge in [-0.3, -0.25) is 19.7 Å². The first-order valence-corrected chi connectivity index (χ1v) is 6.89.